The second kappa shape index (κ2) is 8.09. The summed E-state index contributed by atoms with van der Waals surface area (Å²) in [5.41, 5.74) is -0.311. The summed E-state index contributed by atoms with van der Waals surface area (Å²) in [7, 11) is -3.60. The zero-order valence-electron chi connectivity index (χ0n) is 17.6. The number of nitrogens with one attached hydrogen (secondary N) is 2. The maximum Gasteiger partial charge on any atom is 0.325 e. The van der Waals surface area contributed by atoms with E-state index in [1.165, 1.54) is 36.1 Å². The van der Waals surface area contributed by atoms with Crippen LogP contribution in [0.2, 0.25) is 0 Å². The molecular weight excluding hydrogens is 450 g/mol. The smallest absolute Gasteiger partial charge is 0.323 e. The third-order valence-electron chi connectivity index (χ3n) is 5.17. The molecule has 1 fully saturated rings. The van der Waals surface area contributed by atoms with Crippen LogP contribution in [0.5, 0.6) is 0 Å². The molecule has 12 nitrogen and oxygen atoms in total. The highest BCUT2D eigenvalue weighted by Crippen LogP contribution is 2.30. The van der Waals surface area contributed by atoms with Crippen LogP contribution in [0, 0.1) is 0 Å². The number of aromatic nitrogens is 4. The Hall–Kier alpha value is -4.13. The molecular formula is C20H19N7O5S. The van der Waals surface area contributed by atoms with E-state index in [0.29, 0.717) is 11.3 Å². The maximum atomic E-state index is 13.2. The van der Waals surface area contributed by atoms with Gasteiger partial charge >= 0.3 is 6.03 Å². The lowest BCUT2D eigenvalue weighted by Crippen LogP contribution is -2.42. The SMILES string of the molecule is C[C@]1(c2cccc(-n3cnnn3)c2)NC(=O)N(CC(=O)Nc2ccccc2S(C)(=O)=O)C1=O. The van der Waals surface area contributed by atoms with Gasteiger partial charge in [0.2, 0.25) is 5.91 Å². The molecule has 0 bridgehead atoms. The number of hydrogen-bond acceptors (Lipinski definition) is 8. The predicted molar refractivity (Wildman–Crippen MR) is 115 cm³/mol. The standard InChI is InChI=1S/C20H19N7O5S/c1-20(13-6-5-7-14(10-13)27-12-21-24-25-27)18(29)26(19(30)23-20)11-17(28)22-15-8-3-4-9-16(15)33(2,31)32/h3-10,12H,11H2,1-2H3,(H,22,28)(H,23,30)/t20-/m1/s1. The van der Waals surface area contributed by atoms with Crippen LogP contribution in [0.25, 0.3) is 5.69 Å². The quantitative estimate of drug-likeness (QED) is 0.494. The zero-order chi connectivity index (χ0) is 23.8. The molecule has 1 aromatic heterocycles. The van der Waals surface area contributed by atoms with Gasteiger partial charge in [-0.2, -0.15) is 0 Å². The highest BCUT2D eigenvalue weighted by Gasteiger charge is 2.49. The lowest BCUT2D eigenvalue weighted by molar-refractivity contribution is -0.133. The van der Waals surface area contributed by atoms with Gasteiger partial charge in [0.1, 0.15) is 18.4 Å². The first-order valence-corrected chi connectivity index (χ1v) is 11.6. The number of imide groups is 1. The summed E-state index contributed by atoms with van der Waals surface area (Å²) in [4.78, 5) is 39.1. The number of amides is 4. The van der Waals surface area contributed by atoms with Crippen LogP contribution in [0.3, 0.4) is 0 Å². The Kier molecular flexibility index (Phi) is 5.41. The molecule has 2 N–H and O–H groups in total. The summed E-state index contributed by atoms with van der Waals surface area (Å²) in [5, 5.41) is 16.0. The summed E-state index contributed by atoms with van der Waals surface area (Å²) in [6.45, 7) is 0.938. The minimum atomic E-state index is -3.60. The number of benzene rings is 2. The number of sulfone groups is 1. The fraction of sp³-hybridized carbons (Fsp3) is 0.200. The topological polar surface area (TPSA) is 156 Å². The van der Waals surface area contributed by atoms with Crippen molar-refractivity contribution < 1.29 is 22.8 Å². The fourth-order valence-electron chi connectivity index (χ4n) is 3.50. The van der Waals surface area contributed by atoms with Gasteiger partial charge in [0, 0.05) is 6.26 Å². The molecule has 2 heterocycles. The number of rotatable bonds is 6. The second-order valence-corrected chi connectivity index (χ2v) is 9.55. The van der Waals surface area contributed by atoms with E-state index >= 15 is 0 Å². The molecule has 2 aromatic carbocycles. The molecule has 13 heteroatoms. The Morgan fingerprint density at radius 1 is 1.15 bits per heavy atom. The number of tetrazole rings is 1. The summed E-state index contributed by atoms with van der Waals surface area (Å²) in [6.07, 6.45) is 2.41. The Labute approximate surface area is 188 Å². The van der Waals surface area contributed by atoms with Crippen molar-refractivity contribution in [2.45, 2.75) is 17.4 Å². The van der Waals surface area contributed by atoms with E-state index in [9.17, 15) is 22.8 Å². The van der Waals surface area contributed by atoms with Crippen LogP contribution >= 0.6 is 0 Å². The summed E-state index contributed by atoms with van der Waals surface area (Å²) in [6, 6.07) is 11.9. The number of para-hydroxylation sites is 1. The number of carbonyl (C=O) groups is 3. The van der Waals surface area contributed by atoms with E-state index in [-0.39, 0.29) is 10.6 Å². The van der Waals surface area contributed by atoms with Gasteiger partial charge in [-0.05, 0) is 47.2 Å². The normalized spacial score (nSPS) is 18.3. The Morgan fingerprint density at radius 2 is 1.91 bits per heavy atom. The van der Waals surface area contributed by atoms with Gasteiger partial charge in [-0.25, -0.2) is 17.9 Å². The molecule has 1 saturated heterocycles. The van der Waals surface area contributed by atoms with Gasteiger partial charge in [-0.3, -0.25) is 14.5 Å². The van der Waals surface area contributed by atoms with Crippen molar-refractivity contribution >= 4 is 33.4 Å². The van der Waals surface area contributed by atoms with Crippen molar-refractivity contribution in [1.29, 1.82) is 0 Å². The van der Waals surface area contributed by atoms with Gasteiger partial charge in [0.25, 0.3) is 5.91 Å². The number of carbonyl (C=O) groups excluding carboxylic acids is 3. The van der Waals surface area contributed by atoms with E-state index in [0.717, 1.165) is 11.2 Å². The summed E-state index contributed by atoms with van der Waals surface area (Å²) >= 11 is 0. The number of hydrogen-bond donors (Lipinski definition) is 2. The molecule has 4 amide bonds. The second-order valence-electron chi connectivity index (χ2n) is 7.57. The molecule has 170 valence electrons. The summed E-state index contributed by atoms with van der Waals surface area (Å²) in [5.74, 6) is -1.35. The molecule has 0 spiro atoms. The largest absolute Gasteiger partial charge is 0.325 e. The molecule has 0 aliphatic carbocycles. The first-order chi connectivity index (χ1) is 15.6. The molecule has 33 heavy (non-hydrogen) atoms. The average Bonchev–Trinajstić information content (AvgIpc) is 3.38. The van der Waals surface area contributed by atoms with Crippen LogP contribution in [-0.4, -0.2) is 64.2 Å². The lowest BCUT2D eigenvalue weighted by atomic mass is 9.91. The highest BCUT2D eigenvalue weighted by atomic mass is 32.2. The number of nitrogens with zero attached hydrogens (tertiary/aromatic N) is 5. The van der Waals surface area contributed by atoms with Crippen molar-refractivity contribution in [1.82, 2.24) is 30.4 Å². The average molecular weight is 469 g/mol. The Balaban J connectivity index is 1.55. The van der Waals surface area contributed by atoms with Crippen LogP contribution in [0.1, 0.15) is 12.5 Å². The molecule has 3 aromatic rings. The van der Waals surface area contributed by atoms with Gasteiger partial charge in [0.15, 0.2) is 9.84 Å². The van der Waals surface area contributed by atoms with E-state index in [2.05, 4.69) is 26.2 Å². The van der Waals surface area contributed by atoms with Gasteiger partial charge in [0.05, 0.1) is 16.3 Å². The number of urea groups is 1. The Bertz CT molecular complexity index is 1360. The minimum Gasteiger partial charge on any atom is -0.323 e. The highest BCUT2D eigenvalue weighted by molar-refractivity contribution is 7.90. The molecule has 0 radical (unpaired) electrons. The van der Waals surface area contributed by atoms with Gasteiger partial charge in [-0.1, -0.05) is 24.3 Å². The lowest BCUT2D eigenvalue weighted by Gasteiger charge is -2.22. The Morgan fingerprint density at radius 3 is 2.61 bits per heavy atom. The monoisotopic (exact) mass is 469 g/mol. The number of anilines is 1. The molecule has 1 atom stereocenters. The van der Waals surface area contributed by atoms with Crippen LogP contribution in [-0.2, 0) is 25.0 Å². The molecule has 4 rings (SSSR count). The third kappa shape index (κ3) is 4.17. The molecule has 1 aliphatic heterocycles. The van der Waals surface area contributed by atoms with E-state index in [4.69, 9.17) is 0 Å². The third-order valence-corrected chi connectivity index (χ3v) is 6.33. The van der Waals surface area contributed by atoms with Crippen molar-refractivity contribution in [3.8, 4) is 5.69 Å². The zero-order valence-corrected chi connectivity index (χ0v) is 18.4. The molecule has 1 aliphatic rings. The molecule has 0 unspecified atom stereocenters. The van der Waals surface area contributed by atoms with Crippen molar-refractivity contribution in [2.75, 3.05) is 18.1 Å². The fourth-order valence-corrected chi connectivity index (χ4v) is 4.35. The van der Waals surface area contributed by atoms with Crippen molar-refractivity contribution in [3.05, 3.63) is 60.4 Å². The first-order valence-electron chi connectivity index (χ1n) is 9.66. The van der Waals surface area contributed by atoms with E-state index < -0.39 is 39.8 Å². The van der Waals surface area contributed by atoms with Gasteiger partial charge < -0.3 is 10.6 Å². The minimum absolute atomic E-state index is 0.0639. The van der Waals surface area contributed by atoms with Crippen LogP contribution < -0.4 is 10.6 Å². The van der Waals surface area contributed by atoms with Crippen LogP contribution in [0.4, 0.5) is 10.5 Å². The van der Waals surface area contributed by atoms with Crippen LogP contribution in [0.15, 0.2) is 59.8 Å². The van der Waals surface area contributed by atoms with Crippen molar-refractivity contribution in [2.24, 2.45) is 0 Å². The van der Waals surface area contributed by atoms with Gasteiger partial charge in [-0.15, -0.1) is 5.10 Å². The predicted octanol–water partition coefficient (Wildman–Crippen LogP) is 0.472. The van der Waals surface area contributed by atoms with Crippen molar-refractivity contribution in [3.63, 3.8) is 0 Å². The van der Waals surface area contributed by atoms with E-state index in [1.54, 1.807) is 30.3 Å². The van der Waals surface area contributed by atoms with E-state index in [1.807, 2.05) is 0 Å². The first kappa shape index (κ1) is 22.1. The maximum absolute atomic E-state index is 13.2. The molecule has 0 saturated carbocycles. The summed E-state index contributed by atoms with van der Waals surface area (Å²) < 4.78 is 25.3.